The second-order valence-electron chi connectivity index (χ2n) is 5.99. The number of hydrogen-bond acceptors (Lipinski definition) is 5. The summed E-state index contributed by atoms with van der Waals surface area (Å²) in [5.41, 5.74) is 0.620. The molecule has 136 valence electrons. The van der Waals surface area contributed by atoms with Gasteiger partial charge in [-0.2, -0.15) is 0 Å². The molecule has 0 saturated carbocycles. The van der Waals surface area contributed by atoms with Gasteiger partial charge in [-0.15, -0.1) is 0 Å². The van der Waals surface area contributed by atoms with E-state index in [9.17, 15) is 19.1 Å². The molecule has 0 amide bonds. The molecule has 0 aliphatic rings. The summed E-state index contributed by atoms with van der Waals surface area (Å²) in [6.45, 7) is 3.50. The highest BCUT2D eigenvalue weighted by atomic mass is 19.1. The first kappa shape index (κ1) is 18.6. The predicted octanol–water partition coefficient (Wildman–Crippen LogP) is 1.63. The number of hydrogen-bond donors (Lipinski definition) is 2. The van der Waals surface area contributed by atoms with E-state index in [2.05, 4.69) is 5.32 Å². The molecule has 2 aromatic rings. The molecule has 0 spiro atoms. The molecule has 2 unspecified atom stereocenters. The molecule has 0 aliphatic heterocycles. The number of nitrogens with one attached hydrogen (secondary N) is 1. The number of anilines is 1. The van der Waals surface area contributed by atoms with E-state index < -0.39 is 12.0 Å². The van der Waals surface area contributed by atoms with Gasteiger partial charge in [-0.05, 0) is 31.2 Å². The van der Waals surface area contributed by atoms with Crippen LogP contribution >= 0.6 is 0 Å². The fourth-order valence-corrected chi connectivity index (χ4v) is 2.60. The number of halogens is 1. The average molecular weight is 351 g/mol. The van der Waals surface area contributed by atoms with Gasteiger partial charge in [0.05, 0.1) is 12.8 Å². The van der Waals surface area contributed by atoms with Crippen LogP contribution in [0.1, 0.15) is 12.6 Å². The van der Waals surface area contributed by atoms with Crippen LogP contribution in [0.2, 0.25) is 0 Å². The van der Waals surface area contributed by atoms with E-state index in [1.165, 1.54) is 40.5 Å². The van der Waals surface area contributed by atoms with Crippen molar-refractivity contribution in [3.8, 4) is 5.88 Å². The number of aromatic nitrogens is 2. The molecule has 1 heterocycles. The summed E-state index contributed by atoms with van der Waals surface area (Å²) in [4.78, 5) is 24.3. The van der Waals surface area contributed by atoms with Gasteiger partial charge in [0.25, 0.3) is 0 Å². The Labute approximate surface area is 144 Å². The molecule has 0 saturated heterocycles. The molecule has 2 rings (SSSR count). The van der Waals surface area contributed by atoms with Crippen molar-refractivity contribution >= 4 is 11.7 Å². The van der Waals surface area contributed by atoms with Crippen LogP contribution in [-0.2, 0) is 23.1 Å². The number of rotatable bonds is 6. The molecule has 0 fully saturated rings. The Kier molecular flexibility index (Phi) is 5.51. The third-order valence-corrected chi connectivity index (χ3v) is 4.26. The van der Waals surface area contributed by atoms with Gasteiger partial charge in [-0.3, -0.25) is 9.13 Å². The van der Waals surface area contributed by atoms with Gasteiger partial charge in [-0.25, -0.2) is 14.0 Å². The third kappa shape index (κ3) is 3.84. The normalized spacial score (nSPS) is 13.3. The lowest BCUT2D eigenvalue weighted by Gasteiger charge is -2.24. The monoisotopic (exact) mass is 351 g/mol. The van der Waals surface area contributed by atoms with Crippen LogP contribution in [0.4, 0.5) is 10.1 Å². The van der Waals surface area contributed by atoms with Gasteiger partial charge in [-0.1, -0.05) is 6.92 Å². The second-order valence-corrected chi connectivity index (χ2v) is 5.99. The molecule has 0 bridgehead atoms. The smallest absolute Gasteiger partial charge is 0.331 e. The van der Waals surface area contributed by atoms with Crippen LogP contribution in [0.25, 0.3) is 0 Å². The molecular formula is C17H22FN3O4. The van der Waals surface area contributed by atoms with Crippen LogP contribution < -0.4 is 11.0 Å². The zero-order valence-corrected chi connectivity index (χ0v) is 14.6. The molecule has 25 heavy (non-hydrogen) atoms. The summed E-state index contributed by atoms with van der Waals surface area (Å²) in [5, 5.41) is 13.1. The highest BCUT2D eigenvalue weighted by molar-refractivity contribution is 5.79. The number of esters is 1. The van der Waals surface area contributed by atoms with Crippen LogP contribution in [0.5, 0.6) is 5.88 Å². The molecule has 2 atom stereocenters. The zero-order valence-electron chi connectivity index (χ0n) is 14.6. The predicted molar refractivity (Wildman–Crippen MR) is 91.1 cm³/mol. The van der Waals surface area contributed by atoms with Crippen LogP contribution in [0.15, 0.2) is 29.1 Å². The van der Waals surface area contributed by atoms with E-state index >= 15 is 0 Å². The van der Waals surface area contributed by atoms with E-state index in [0.29, 0.717) is 11.4 Å². The minimum Gasteiger partial charge on any atom is -0.493 e. The zero-order chi connectivity index (χ0) is 18.7. The van der Waals surface area contributed by atoms with Gasteiger partial charge in [0.2, 0.25) is 5.88 Å². The Balaban J connectivity index is 2.26. The first-order chi connectivity index (χ1) is 11.8. The molecule has 2 N–H and O–H groups in total. The summed E-state index contributed by atoms with van der Waals surface area (Å²) < 4.78 is 20.4. The Morgan fingerprint density at radius 2 is 1.96 bits per heavy atom. The Hall–Kier alpha value is -2.77. The molecule has 8 heteroatoms. The number of carbonyl (C=O) groups is 1. The largest absolute Gasteiger partial charge is 0.493 e. The fourth-order valence-electron chi connectivity index (χ4n) is 2.60. The van der Waals surface area contributed by atoms with E-state index in [1.54, 1.807) is 20.9 Å². The number of ether oxygens (including phenoxy) is 1. The van der Waals surface area contributed by atoms with Crippen molar-refractivity contribution in [3.05, 3.63) is 46.3 Å². The molecule has 1 aromatic heterocycles. The SMILES string of the molecule is COC(=O)C(Nc1ccc(F)cc1)C(C)Cn1c(O)c(C)n(C)c1=O. The number of imidazole rings is 1. The van der Waals surface area contributed by atoms with Gasteiger partial charge < -0.3 is 15.2 Å². The molecule has 0 aliphatic carbocycles. The summed E-state index contributed by atoms with van der Waals surface area (Å²) >= 11 is 0. The van der Waals surface area contributed by atoms with E-state index in [1.807, 2.05) is 0 Å². The standard InChI is InChI=1S/C17H22FN3O4/c1-10(9-21-15(22)11(2)20(3)17(21)24)14(16(23)25-4)19-13-7-5-12(18)6-8-13/h5-8,10,14,19,22H,9H2,1-4H3. The van der Waals surface area contributed by atoms with Crippen molar-refractivity contribution in [2.75, 3.05) is 12.4 Å². The lowest BCUT2D eigenvalue weighted by molar-refractivity contribution is -0.142. The molecule has 1 aromatic carbocycles. The lowest BCUT2D eigenvalue weighted by atomic mass is 10.0. The topological polar surface area (TPSA) is 85.5 Å². The minimum atomic E-state index is -0.776. The van der Waals surface area contributed by atoms with Gasteiger partial charge >= 0.3 is 11.7 Å². The summed E-state index contributed by atoms with van der Waals surface area (Å²) in [6.07, 6.45) is 0. The maximum absolute atomic E-state index is 13.0. The van der Waals surface area contributed by atoms with Gasteiger partial charge in [0.1, 0.15) is 11.9 Å². The highest BCUT2D eigenvalue weighted by Gasteiger charge is 2.28. The minimum absolute atomic E-state index is 0.111. The van der Waals surface area contributed by atoms with Crippen molar-refractivity contribution < 1.29 is 19.0 Å². The average Bonchev–Trinajstić information content (AvgIpc) is 2.78. The van der Waals surface area contributed by atoms with Gasteiger partial charge in [0.15, 0.2) is 0 Å². The number of methoxy groups -OCH3 is 1. The first-order valence-electron chi connectivity index (χ1n) is 7.81. The van der Waals surface area contributed by atoms with Gasteiger partial charge in [0, 0.05) is 25.2 Å². The van der Waals surface area contributed by atoms with Crippen LogP contribution in [0, 0.1) is 18.7 Å². The summed E-state index contributed by atoms with van der Waals surface area (Å²) in [6, 6.07) is 4.79. The van der Waals surface area contributed by atoms with E-state index in [0.717, 1.165) is 0 Å². The van der Waals surface area contributed by atoms with E-state index in [4.69, 9.17) is 4.74 Å². The second kappa shape index (κ2) is 7.42. The molecular weight excluding hydrogens is 329 g/mol. The van der Waals surface area contributed by atoms with Crippen molar-refractivity contribution in [1.29, 1.82) is 0 Å². The van der Waals surface area contributed by atoms with Crippen LogP contribution in [-0.4, -0.2) is 33.4 Å². The number of aromatic hydroxyl groups is 1. The lowest BCUT2D eigenvalue weighted by Crippen LogP contribution is -2.40. The fraction of sp³-hybridized carbons (Fsp3) is 0.412. The molecule has 0 radical (unpaired) electrons. The van der Waals surface area contributed by atoms with E-state index in [-0.39, 0.29) is 29.8 Å². The summed E-state index contributed by atoms with van der Waals surface area (Å²) in [5.74, 6) is -1.42. The maximum atomic E-state index is 13.0. The number of benzene rings is 1. The first-order valence-corrected chi connectivity index (χ1v) is 7.81. The summed E-state index contributed by atoms with van der Waals surface area (Å²) in [7, 11) is 2.83. The van der Waals surface area contributed by atoms with Crippen molar-refractivity contribution in [1.82, 2.24) is 9.13 Å². The number of carbonyl (C=O) groups excluding carboxylic acids is 1. The van der Waals surface area contributed by atoms with Crippen molar-refractivity contribution in [3.63, 3.8) is 0 Å². The number of nitrogens with zero attached hydrogens (tertiary/aromatic N) is 2. The quantitative estimate of drug-likeness (QED) is 0.773. The molecule has 7 nitrogen and oxygen atoms in total. The Bertz CT molecular complexity index is 811. The highest BCUT2D eigenvalue weighted by Crippen LogP contribution is 2.19. The van der Waals surface area contributed by atoms with Crippen molar-refractivity contribution in [2.24, 2.45) is 13.0 Å². The Morgan fingerprint density at radius 1 is 1.36 bits per heavy atom. The van der Waals surface area contributed by atoms with Crippen molar-refractivity contribution in [2.45, 2.75) is 26.4 Å². The third-order valence-electron chi connectivity index (χ3n) is 4.26. The van der Waals surface area contributed by atoms with Crippen LogP contribution in [0.3, 0.4) is 0 Å². The Morgan fingerprint density at radius 3 is 2.44 bits per heavy atom. The maximum Gasteiger partial charge on any atom is 0.331 e.